The van der Waals surface area contributed by atoms with Gasteiger partial charge in [-0.2, -0.15) is 15.4 Å². The van der Waals surface area contributed by atoms with Gasteiger partial charge < -0.3 is 10.5 Å². The molecule has 4 aromatic rings. The molecule has 1 aliphatic rings. The number of nitrogens with zero attached hydrogens (tertiary/aromatic N) is 5. The second kappa shape index (κ2) is 6.39. The third-order valence-corrected chi connectivity index (χ3v) is 4.54. The number of benzene rings is 1. The number of nitrogens with one attached hydrogen (secondary N) is 1. The lowest BCUT2D eigenvalue weighted by molar-refractivity contribution is 0.303. The van der Waals surface area contributed by atoms with Gasteiger partial charge >= 0.3 is 0 Å². The van der Waals surface area contributed by atoms with Crippen molar-refractivity contribution < 1.29 is 4.74 Å². The molecule has 0 spiro atoms. The van der Waals surface area contributed by atoms with Crippen LogP contribution in [-0.2, 0) is 13.0 Å². The minimum Gasteiger partial charge on any atom is -0.490 e. The van der Waals surface area contributed by atoms with Gasteiger partial charge in [0.1, 0.15) is 17.1 Å². The number of fused-ring (bicyclic) bond motifs is 1. The van der Waals surface area contributed by atoms with Crippen molar-refractivity contribution in [2.45, 2.75) is 31.9 Å². The Morgan fingerprint density at radius 3 is 3.00 bits per heavy atom. The molecular weight excluding hydrogens is 342 g/mol. The van der Waals surface area contributed by atoms with Gasteiger partial charge in [-0.15, -0.1) is 5.10 Å². The van der Waals surface area contributed by atoms with Crippen molar-refractivity contribution in [1.82, 2.24) is 30.2 Å². The molecule has 0 unspecified atom stereocenters. The molecule has 0 radical (unpaired) electrons. The molecule has 136 valence electrons. The molecular formula is C19H19N7O. The summed E-state index contributed by atoms with van der Waals surface area (Å²) in [5.74, 6) is 1.37. The Labute approximate surface area is 155 Å². The molecule has 0 atom stereocenters. The monoisotopic (exact) mass is 361 g/mol. The normalized spacial score (nSPS) is 13.9. The fourth-order valence-electron chi connectivity index (χ4n) is 3.14. The van der Waals surface area contributed by atoms with E-state index in [0.29, 0.717) is 30.5 Å². The minimum atomic E-state index is 0.401. The lowest BCUT2D eigenvalue weighted by atomic mass is 10.1. The number of anilines is 1. The summed E-state index contributed by atoms with van der Waals surface area (Å²) < 4.78 is 7.80. The highest BCUT2D eigenvalue weighted by atomic mass is 16.5. The molecule has 1 aliphatic carbocycles. The minimum absolute atomic E-state index is 0.401. The summed E-state index contributed by atoms with van der Waals surface area (Å²) in [6.45, 7) is 0.694. The van der Waals surface area contributed by atoms with Crippen LogP contribution in [0.3, 0.4) is 0 Å². The molecule has 0 aliphatic heterocycles. The average molecular weight is 361 g/mol. The maximum absolute atomic E-state index is 5.87. The summed E-state index contributed by atoms with van der Waals surface area (Å²) in [5, 5.41) is 15.3. The Morgan fingerprint density at radius 2 is 2.11 bits per heavy atom. The number of hydrogen-bond donors (Lipinski definition) is 2. The van der Waals surface area contributed by atoms with E-state index in [2.05, 4.69) is 37.6 Å². The van der Waals surface area contributed by atoms with Crippen molar-refractivity contribution in [3.05, 3.63) is 59.4 Å². The van der Waals surface area contributed by atoms with E-state index in [9.17, 15) is 0 Å². The zero-order valence-electron chi connectivity index (χ0n) is 14.7. The van der Waals surface area contributed by atoms with Crippen LogP contribution in [0.5, 0.6) is 5.75 Å². The quantitative estimate of drug-likeness (QED) is 0.546. The fraction of sp³-hybridized carbons (Fsp3) is 0.263. The number of rotatable bonds is 6. The number of pyridine rings is 1. The second-order valence-corrected chi connectivity index (χ2v) is 6.89. The van der Waals surface area contributed by atoms with Crippen molar-refractivity contribution in [2.24, 2.45) is 0 Å². The van der Waals surface area contributed by atoms with Gasteiger partial charge in [0.25, 0.3) is 0 Å². The molecule has 8 nitrogen and oxygen atoms in total. The average Bonchev–Trinajstić information content (AvgIpc) is 3.14. The van der Waals surface area contributed by atoms with Crippen molar-refractivity contribution in [2.75, 3.05) is 5.73 Å². The molecule has 0 bridgehead atoms. The molecule has 8 heteroatoms. The topological polar surface area (TPSA) is 108 Å². The Bertz CT molecular complexity index is 1100. The number of ether oxygens (including phenoxy) is 1. The van der Waals surface area contributed by atoms with E-state index in [-0.39, 0.29) is 0 Å². The molecule has 1 saturated carbocycles. The largest absolute Gasteiger partial charge is 0.490 e. The highest BCUT2D eigenvalue weighted by Gasteiger charge is 2.23. The van der Waals surface area contributed by atoms with Crippen LogP contribution in [0.25, 0.3) is 11.2 Å². The molecule has 1 fully saturated rings. The van der Waals surface area contributed by atoms with E-state index in [1.807, 2.05) is 35.3 Å². The van der Waals surface area contributed by atoms with Crippen LogP contribution < -0.4 is 10.5 Å². The summed E-state index contributed by atoms with van der Waals surface area (Å²) in [6.07, 6.45) is 7.29. The smallest absolute Gasteiger partial charge is 0.203 e. The highest BCUT2D eigenvalue weighted by molar-refractivity contribution is 5.76. The van der Waals surface area contributed by atoms with Crippen LogP contribution in [0.4, 0.5) is 5.82 Å². The Balaban J connectivity index is 1.33. The summed E-state index contributed by atoms with van der Waals surface area (Å²) in [7, 11) is 0. The third-order valence-electron chi connectivity index (χ3n) is 4.54. The molecule has 3 heterocycles. The van der Waals surface area contributed by atoms with Crippen LogP contribution in [-0.4, -0.2) is 36.3 Å². The van der Waals surface area contributed by atoms with Gasteiger partial charge in [-0.3, -0.25) is 4.68 Å². The third kappa shape index (κ3) is 3.46. The molecule has 1 aromatic carbocycles. The van der Waals surface area contributed by atoms with Gasteiger partial charge in [-0.1, -0.05) is 12.1 Å². The number of aromatic nitrogens is 6. The maximum atomic E-state index is 5.87. The molecule has 3 N–H and O–H groups in total. The predicted molar refractivity (Wildman–Crippen MR) is 100 cm³/mol. The number of aromatic amines is 1. The van der Waals surface area contributed by atoms with E-state index in [1.165, 1.54) is 0 Å². The Kier molecular flexibility index (Phi) is 3.74. The number of H-pyrrole nitrogens is 1. The first kappa shape index (κ1) is 15.8. The zero-order chi connectivity index (χ0) is 18.2. The van der Waals surface area contributed by atoms with Gasteiger partial charge in [0, 0.05) is 12.6 Å². The molecule has 5 rings (SSSR count). The lowest BCUT2D eigenvalue weighted by Crippen LogP contribution is -2.01. The highest BCUT2D eigenvalue weighted by Crippen LogP contribution is 2.27. The Morgan fingerprint density at radius 1 is 1.19 bits per heavy atom. The lowest BCUT2D eigenvalue weighted by Gasteiger charge is -2.07. The Hall–Kier alpha value is -3.42. The van der Waals surface area contributed by atoms with Crippen LogP contribution in [0.1, 0.15) is 29.5 Å². The van der Waals surface area contributed by atoms with Gasteiger partial charge in [-0.25, -0.2) is 4.98 Å². The van der Waals surface area contributed by atoms with E-state index >= 15 is 0 Å². The van der Waals surface area contributed by atoms with Crippen molar-refractivity contribution in [1.29, 1.82) is 0 Å². The molecule has 0 amide bonds. The van der Waals surface area contributed by atoms with E-state index in [4.69, 9.17) is 10.5 Å². The van der Waals surface area contributed by atoms with E-state index < -0.39 is 0 Å². The van der Waals surface area contributed by atoms with E-state index in [1.54, 1.807) is 0 Å². The summed E-state index contributed by atoms with van der Waals surface area (Å²) >= 11 is 0. The van der Waals surface area contributed by atoms with Gasteiger partial charge in [0.05, 0.1) is 18.8 Å². The first-order valence-electron chi connectivity index (χ1n) is 8.96. The maximum Gasteiger partial charge on any atom is 0.203 e. The van der Waals surface area contributed by atoms with E-state index in [0.717, 1.165) is 40.8 Å². The first-order valence-corrected chi connectivity index (χ1v) is 8.96. The van der Waals surface area contributed by atoms with Crippen molar-refractivity contribution in [3.8, 4) is 5.75 Å². The van der Waals surface area contributed by atoms with Crippen LogP contribution in [0.15, 0.2) is 42.7 Å². The van der Waals surface area contributed by atoms with Crippen LogP contribution in [0.2, 0.25) is 0 Å². The summed E-state index contributed by atoms with van der Waals surface area (Å²) in [4.78, 5) is 4.17. The summed E-state index contributed by atoms with van der Waals surface area (Å²) in [5.41, 5.74) is 10.4. The molecule has 0 saturated heterocycles. The standard InChI is InChI=1S/C19H19N7O/c20-17-8-14(18-19(22-17)24-25-23-18)6-13-9-21-26(11-13)10-12-2-1-3-16(7-12)27-15-4-5-15/h1-3,7-9,11,15H,4-6,10H2,(H3,20,22,23,24,25). The zero-order valence-corrected chi connectivity index (χ0v) is 14.7. The predicted octanol–water partition coefficient (Wildman–Crippen LogP) is 2.31. The van der Waals surface area contributed by atoms with Crippen molar-refractivity contribution >= 4 is 17.0 Å². The number of nitrogens with two attached hydrogens (primary N) is 1. The van der Waals surface area contributed by atoms with Crippen LogP contribution >= 0.6 is 0 Å². The summed E-state index contributed by atoms with van der Waals surface area (Å²) in [6, 6.07) is 10.0. The van der Waals surface area contributed by atoms with Gasteiger partial charge in [-0.05, 0) is 47.7 Å². The number of hydrogen-bond acceptors (Lipinski definition) is 6. The molecule has 27 heavy (non-hydrogen) atoms. The second-order valence-electron chi connectivity index (χ2n) is 6.89. The fourth-order valence-corrected chi connectivity index (χ4v) is 3.14. The molecule has 3 aromatic heterocycles. The SMILES string of the molecule is Nc1cc(Cc2cnn(Cc3cccc(OC4CC4)c3)c2)c2n[nH]nc2n1. The first-order chi connectivity index (χ1) is 13.2. The van der Waals surface area contributed by atoms with Crippen molar-refractivity contribution in [3.63, 3.8) is 0 Å². The van der Waals surface area contributed by atoms with Gasteiger partial charge in [0.2, 0.25) is 5.65 Å². The van der Waals surface area contributed by atoms with Gasteiger partial charge in [0.15, 0.2) is 0 Å². The van der Waals surface area contributed by atoms with Crippen LogP contribution in [0, 0.1) is 0 Å². The number of nitrogen functional groups attached to an aromatic ring is 1.